The molecule has 1 aliphatic rings. The number of amides is 1. The third-order valence-electron chi connectivity index (χ3n) is 5.63. The van der Waals surface area contributed by atoms with Crippen LogP contribution in [0.25, 0.3) is 16.9 Å². The topological polar surface area (TPSA) is 95.7 Å². The number of halogens is 1. The van der Waals surface area contributed by atoms with Crippen LogP contribution in [-0.4, -0.2) is 54.6 Å². The Hall–Kier alpha value is -3.46. The molecule has 5 rings (SSSR count). The lowest BCUT2D eigenvalue weighted by atomic mass is 10.0. The lowest BCUT2D eigenvalue weighted by Gasteiger charge is -2.32. The first kappa shape index (κ1) is 20.4. The second-order valence-electron chi connectivity index (χ2n) is 7.70. The minimum absolute atomic E-state index is 0.0341. The highest BCUT2D eigenvalue weighted by Gasteiger charge is 2.25. The summed E-state index contributed by atoms with van der Waals surface area (Å²) in [4.78, 5) is 23.4. The maximum atomic E-state index is 12.7. The van der Waals surface area contributed by atoms with Crippen molar-refractivity contribution in [3.05, 3.63) is 71.1 Å². The largest absolute Gasteiger partial charge is 0.507 e. The van der Waals surface area contributed by atoms with Crippen LogP contribution in [-0.2, 0) is 0 Å². The van der Waals surface area contributed by atoms with Crippen molar-refractivity contribution in [3.63, 3.8) is 0 Å². The summed E-state index contributed by atoms with van der Waals surface area (Å²) < 4.78 is 2.52. The van der Waals surface area contributed by atoms with E-state index in [0.717, 1.165) is 23.1 Å². The van der Waals surface area contributed by atoms with E-state index in [4.69, 9.17) is 0 Å². The molecule has 1 aromatic carbocycles. The van der Waals surface area contributed by atoms with Crippen molar-refractivity contribution in [1.29, 1.82) is 0 Å². The van der Waals surface area contributed by atoms with Gasteiger partial charge in [0.2, 0.25) is 0 Å². The van der Waals surface area contributed by atoms with Crippen molar-refractivity contribution in [2.75, 3.05) is 18.4 Å². The monoisotopic (exact) mass is 492 g/mol. The number of piperidine rings is 1. The minimum atomic E-state index is -0.0341. The van der Waals surface area contributed by atoms with Crippen molar-refractivity contribution >= 4 is 33.3 Å². The van der Waals surface area contributed by atoms with E-state index >= 15 is 0 Å². The van der Waals surface area contributed by atoms with Gasteiger partial charge in [-0.3, -0.25) is 9.78 Å². The van der Waals surface area contributed by atoms with Gasteiger partial charge in [0.1, 0.15) is 17.3 Å². The number of anilines is 1. The average molecular weight is 493 g/mol. The first-order valence-corrected chi connectivity index (χ1v) is 11.2. The zero-order valence-electron chi connectivity index (χ0n) is 17.1. The third kappa shape index (κ3) is 3.91. The van der Waals surface area contributed by atoms with Crippen LogP contribution in [0, 0.1) is 0 Å². The molecule has 162 valence electrons. The molecule has 8 nitrogen and oxygen atoms in total. The molecule has 1 amide bonds. The number of aromatic hydroxyl groups is 1. The van der Waals surface area contributed by atoms with E-state index in [2.05, 4.69) is 36.3 Å². The average Bonchev–Trinajstić information content (AvgIpc) is 3.21. The summed E-state index contributed by atoms with van der Waals surface area (Å²) in [6.45, 7) is 1.30. The zero-order chi connectivity index (χ0) is 22.1. The van der Waals surface area contributed by atoms with Crippen molar-refractivity contribution in [2.24, 2.45) is 0 Å². The molecule has 9 heteroatoms. The summed E-state index contributed by atoms with van der Waals surface area (Å²) in [5, 5.41) is 18.3. The van der Waals surface area contributed by atoms with Crippen molar-refractivity contribution in [1.82, 2.24) is 24.5 Å². The van der Waals surface area contributed by atoms with Gasteiger partial charge >= 0.3 is 0 Å². The van der Waals surface area contributed by atoms with Gasteiger partial charge in [-0.1, -0.05) is 18.2 Å². The van der Waals surface area contributed by atoms with Crippen molar-refractivity contribution in [2.45, 2.75) is 18.9 Å². The van der Waals surface area contributed by atoms with Crippen molar-refractivity contribution in [3.8, 4) is 17.0 Å². The van der Waals surface area contributed by atoms with Gasteiger partial charge in [0.05, 0.1) is 16.4 Å². The highest BCUT2D eigenvalue weighted by Crippen LogP contribution is 2.31. The smallest absolute Gasteiger partial charge is 0.272 e. The van der Waals surface area contributed by atoms with E-state index in [0.29, 0.717) is 35.7 Å². The van der Waals surface area contributed by atoms with E-state index in [1.165, 1.54) is 0 Å². The molecule has 1 aliphatic heterocycles. The van der Waals surface area contributed by atoms with E-state index in [-0.39, 0.29) is 17.7 Å². The number of hydrogen-bond acceptors (Lipinski definition) is 6. The SMILES string of the molecule is O=C(c1ccccn1)N1CCC(Nc2cc(-c3ccccc3O)nc3c(Br)cnn23)CC1. The molecule has 0 aliphatic carbocycles. The summed E-state index contributed by atoms with van der Waals surface area (Å²) in [6, 6.07) is 14.6. The Labute approximate surface area is 193 Å². The standard InChI is InChI=1S/C23H21BrN6O2/c24-17-14-26-30-21(13-19(28-22(17)30)16-5-1-2-7-20(16)31)27-15-8-11-29(12-9-15)23(32)18-6-3-4-10-25-18/h1-7,10,13-15,27,31H,8-9,11-12H2. The summed E-state index contributed by atoms with van der Waals surface area (Å²) >= 11 is 3.51. The number of nitrogens with zero attached hydrogens (tertiary/aromatic N) is 5. The van der Waals surface area contributed by atoms with Crippen LogP contribution in [0.3, 0.4) is 0 Å². The maximum Gasteiger partial charge on any atom is 0.272 e. The van der Waals surface area contributed by atoms with Crippen LogP contribution >= 0.6 is 15.9 Å². The number of phenols is 1. The second-order valence-corrected chi connectivity index (χ2v) is 8.55. The fraction of sp³-hybridized carbons (Fsp3) is 0.217. The van der Waals surface area contributed by atoms with E-state index in [1.807, 2.05) is 29.2 Å². The van der Waals surface area contributed by atoms with Gasteiger partial charge in [0.25, 0.3) is 5.91 Å². The fourth-order valence-corrected chi connectivity index (χ4v) is 4.30. The molecule has 0 radical (unpaired) electrons. The molecule has 1 fully saturated rings. The summed E-state index contributed by atoms with van der Waals surface area (Å²) in [7, 11) is 0. The molecule has 4 aromatic rings. The van der Waals surface area contributed by atoms with Crippen LogP contribution in [0.15, 0.2) is 65.4 Å². The molecular weight excluding hydrogens is 472 g/mol. The maximum absolute atomic E-state index is 12.7. The van der Waals surface area contributed by atoms with Crippen molar-refractivity contribution < 1.29 is 9.90 Å². The number of carbonyl (C=O) groups is 1. The van der Waals surface area contributed by atoms with Gasteiger partial charge in [-0.25, -0.2) is 4.98 Å². The van der Waals surface area contributed by atoms with Gasteiger partial charge < -0.3 is 15.3 Å². The molecule has 0 bridgehead atoms. The molecular formula is C23H21BrN6O2. The Kier molecular flexibility index (Phi) is 5.48. The number of pyridine rings is 1. The van der Waals surface area contributed by atoms with Gasteiger partial charge in [0.15, 0.2) is 5.65 Å². The molecule has 0 spiro atoms. The fourth-order valence-electron chi connectivity index (χ4n) is 3.95. The molecule has 3 aromatic heterocycles. The number of carbonyl (C=O) groups excluding carboxylic acids is 1. The number of phenolic OH excluding ortho intramolecular Hbond substituents is 1. The van der Waals surface area contributed by atoms with Gasteiger partial charge in [-0.2, -0.15) is 9.61 Å². The lowest BCUT2D eigenvalue weighted by molar-refractivity contribution is 0.0712. The van der Waals surface area contributed by atoms with Crippen LogP contribution in [0.5, 0.6) is 5.75 Å². The Morgan fingerprint density at radius 1 is 1.12 bits per heavy atom. The number of aromatic nitrogens is 4. The molecule has 2 N–H and O–H groups in total. The predicted octanol–water partition coefficient (Wildman–Crippen LogP) is 3.98. The van der Waals surface area contributed by atoms with Crippen LogP contribution in [0.1, 0.15) is 23.3 Å². The van der Waals surface area contributed by atoms with Gasteiger partial charge in [-0.05, 0) is 53.0 Å². The second kappa shape index (κ2) is 8.58. The summed E-state index contributed by atoms with van der Waals surface area (Å²) in [5.41, 5.74) is 2.45. The summed E-state index contributed by atoms with van der Waals surface area (Å²) in [5.74, 6) is 0.925. The zero-order valence-corrected chi connectivity index (χ0v) is 18.7. The van der Waals surface area contributed by atoms with Crippen LogP contribution < -0.4 is 5.32 Å². The molecule has 0 saturated carbocycles. The molecule has 4 heterocycles. The first-order chi connectivity index (χ1) is 15.6. The number of para-hydroxylation sites is 1. The Bertz CT molecular complexity index is 1270. The van der Waals surface area contributed by atoms with Gasteiger partial charge in [-0.15, -0.1) is 0 Å². The quantitative estimate of drug-likeness (QED) is 0.447. The number of benzene rings is 1. The molecule has 0 unspecified atom stereocenters. The number of likely N-dealkylation sites (tertiary alicyclic amines) is 1. The minimum Gasteiger partial charge on any atom is -0.507 e. The highest BCUT2D eigenvalue weighted by atomic mass is 79.9. The molecule has 0 atom stereocenters. The molecule has 32 heavy (non-hydrogen) atoms. The normalized spacial score (nSPS) is 14.6. The van der Waals surface area contributed by atoms with E-state index in [1.54, 1.807) is 41.2 Å². The Morgan fingerprint density at radius 3 is 2.66 bits per heavy atom. The van der Waals surface area contributed by atoms with Crippen LogP contribution in [0.2, 0.25) is 0 Å². The van der Waals surface area contributed by atoms with E-state index < -0.39 is 0 Å². The highest BCUT2D eigenvalue weighted by molar-refractivity contribution is 9.10. The Morgan fingerprint density at radius 2 is 1.91 bits per heavy atom. The summed E-state index contributed by atoms with van der Waals surface area (Å²) in [6.07, 6.45) is 4.95. The third-order valence-corrected chi connectivity index (χ3v) is 6.19. The lowest BCUT2D eigenvalue weighted by Crippen LogP contribution is -2.42. The van der Waals surface area contributed by atoms with Crippen LogP contribution in [0.4, 0.5) is 5.82 Å². The number of hydrogen-bond donors (Lipinski definition) is 2. The predicted molar refractivity (Wildman–Crippen MR) is 125 cm³/mol. The number of rotatable bonds is 4. The first-order valence-electron chi connectivity index (χ1n) is 10.4. The van der Waals surface area contributed by atoms with E-state index in [9.17, 15) is 9.90 Å². The molecule has 1 saturated heterocycles. The number of nitrogens with one attached hydrogen (secondary N) is 1. The van der Waals surface area contributed by atoms with Gasteiger partial charge in [0, 0.05) is 37.0 Å². The number of fused-ring (bicyclic) bond motifs is 1. The Balaban J connectivity index is 1.37.